The number of para-hydroxylation sites is 1. The molecule has 5 nitrogen and oxygen atoms in total. The molecular formula is C24H36N2O3. The third kappa shape index (κ3) is 5.13. The average Bonchev–Trinajstić information content (AvgIpc) is 2.76. The van der Waals surface area contributed by atoms with Crippen LogP contribution < -0.4 is 4.74 Å². The van der Waals surface area contributed by atoms with E-state index in [4.69, 9.17) is 9.47 Å². The maximum Gasteiger partial charge on any atom is 0.260 e. The van der Waals surface area contributed by atoms with Crippen molar-refractivity contribution < 1.29 is 14.3 Å². The molecule has 3 aliphatic heterocycles. The maximum absolute atomic E-state index is 12.8. The lowest BCUT2D eigenvalue weighted by atomic mass is 9.73. The Morgan fingerprint density at radius 3 is 2.59 bits per heavy atom. The summed E-state index contributed by atoms with van der Waals surface area (Å²) in [6.07, 6.45) is 9.37. The largest absolute Gasteiger partial charge is 0.483 e. The summed E-state index contributed by atoms with van der Waals surface area (Å²) in [5.41, 5.74) is 1.48. The number of likely N-dealkylation sites (tertiary alicyclic amines) is 1. The molecule has 0 saturated carbocycles. The number of aryl methyl sites for hydroxylation is 1. The van der Waals surface area contributed by atoms with Crippen LogP contribution in [0.1, 0.15) is 50.5 Å². The molecular weight excluding hydrogens is 364 g/mol. The number of nitrogens with zero attached hydrogens (tertiary/aromatic N) is 2. The van der Waals surface area contributed by atoms with E-state index in [2.05, 4.69) is 17.0 Å². The summed E-state index contributed by atoms with van der Waals surface area (Å²) < 4.78 is 11.5. The first-order valence-corrected chi connectivity index (χ1v) is 11.4. The van der Waals surface area contributed by atoms with Gasteiger partial charge in [-0.2, -0.15) is 0 Å². The van der Waals surface area contributed by atoms with E-state index in [9.17, 15) is 4.79 Å². The SMILES string of the molecule is CN1CC2(CCCCc3ccccc3OCC1=O)CCN(C1CCOCC1)CC2. The number of ether oxygens (including phenoxy) is 2. The minimum absolute atomic E-state index is 0.0895. The van der Waals surface area contributed by atoms with Crippen molar-refractivity contribution in [3.63, 3.8) is 0 Å². The van der Waals surface area contributed by atoms with Crippen LogP contribution in [-0.2, 0) is 16.0 Å². The Labute approximate surface area is 175 Å². The monoisotopic (exact) mass is 400 g/mol. The average molecular weight is 401 g/mol. The van der Waals surface area contributed by atoms with Crippen molar-refractivity contribution in [1.82, 2.24) is 9.80 Å². The van der Waals surface area contributed by atoms with Crippen molar-refractivity contribution in [2.24, 2.45) is 5.41 Å². The Kier molecular flexibility index (Phi) is 6.76. The third-order valence-electron chi connectivity index (χ3n) is 7.29. The first kappa shape index (κ1) is 20.7. The van der Waals surface area contributed by atoms with Crippen LogP contribution in [0.3, 0.4) is 0 Å². The molecule has 0 unspecified atom stereocenters. The first-order valence-electron chi connectivity index (χ1n) is 11.4. The number of hydrogen-bond donors (Lipinski definition) is 0. The molecule has 2 saturated heterocycles. The summed E-state index contributed by atoms with van der Waals surface area (Å²) in [6.45, 7) is 5.13. The molecule has 0 bridgehead atoms. The van der Waals surface area contributed by atoms with Gasteiger partial charge in [-0.3, -0.25) is 4.79 Å². The van der Waals surface area contributed by atoms with Gasteiger partial charge in [-0.05, 0) is 75.1 Å². The molecule has 1 spiro atoms. The van der Waals surface area contributed by atoms with E-state index in [1.54, 1.807) is 0 Å². The van der Waals surface area contributed by atoms with Crippen LogP contribution in [0.4, 0.5) is 0 Å². The number of carbonyl (C=O) groups is 1. The number of rotatable bonds is 1. The second kappa shape index (κ2) is 9.48. The first-order chi connectivity index (χ1) is 14.2. The lowest BCUT2D eigenvalue weighted by Crippen LogP contribution is -2.51. The number of fused-ring (bicyclic) bond motifs is 1. The third-order valence-corrected chi connectivity index (χ3v) is 7.29. The fraction of sp³-hybridized carbons (Fsp3) is 0.708. The van der Waals surface area contributed by atoms with E-state index >= 15 is 0 Å². The molecule has 3 aliphatic rings. The number of amides is 1. The minimum Gasteiger partial charge on any atom is -0.483 e. The Morgan fingerprint density at radius 1 is 1.03 bits per heavy atom. The van der Waals surface area contributed by atoms with E-state index in [0.29, 0.717) is 6.04 Å². The highest BCUT2D eigenvalue weighted by Crippen LogP contribution is 2.39. The fourth-order valence-corrected chi connectivity index (χ4v) is 5.41. The Balaban J connectivity index is 1.42. The van der Waals surface area contributed by atoms with Gasteiger partial charge in [0.2, 0.25) is 0 Å². The number of likely N-dealkylation sites (N-methyl/N-ethyl adjacent to an activating group) is 1. The summed E-state index contributed by atoms with van der Waals surface area (Å²) >= 11 is 0. The highest BCUT2D eigenvalue weighted by molar-refractivity contribution is 5.77. The summed E-state index contributed by atoms with van der Waals surface area (Å²) in [4.78, 5) is 17.4. The van der Waals surface area contributed by atoms with E-state index in [-0.39, 0.29) is 17.9 Å². The lowest BCUT2D eigenvalue weighted by Gasteiger charge is -2.47. The number of benzene rings is 1. The van der Waals surface area contributed by atoms with Crippen LogP contribution in [-0.4, -0.2) is 68.3 Å². The van der Waals surface area contributed by atoms with E-state index in [1.807, 2.05) is 24.1 Å². The van der Waals surface area contributed by atoms with Crippen molar-refractivity contribution in [2.75, 3.05) is 46.5 Å². The minimum atomic E-state index is 0.0895. The molecule has 3 heterocycles. The van der Waals surface area contributed by atoms with Crippen LogP contribution in [0.2, 0.25) is 0 Å². The number of hydrogen-bond acceptors (Lipinski definition) is 4. The molecule has 160 valence electrons. The van der Waals surface area contributed by atoms with Gasteiger partial charge in [0, 0.05) is 32.8 Å². The zero-order chi connectivity index (χ0) is 20.1. The molecule has 2 fully saturated rings. The van der Waals surface area contributed by atoms with Gasteiger partial charge in [0.25, 0.3) is 5.91 Å². The predicted molar refractivity (Wildman–Crippen MR) is 114 cm³/mol. The topological polar surface area (TPSA) is 42.0 Å². The van der Waals surface area contributed by atoms with Gasteiger partial charge in [-0.1, -0.05) is 24.6 Å². The molecule has 0 atom stereocenters. The zero-order valence-corrected chi connectivity index (χ0v) is 17.9. The van der Waals surface area contributed by atoms with Crippen LogP contribution >= 0.6 is 0 Å². The Morgan fingerprint density at radius 2 is 1.79 bits per heavy atom. The summed E-state index contributed by atoms with van der Waals surface area (Å²) in [5, 5.41) is 0. The lowest BCUT2D eigenvalue weighted by molar-refractivity contribution is -0.134. The van der Waals surface area contributed by atoms with E-state index in [0.717, 1.165) is 45.0 Å². The van der Waals surface area contributed by atoms with E-state index in [1.165, 1.54) is 50.5 Å². The second-order valence-corrected chi connectivity index (χ2v) is 9.23. The van der Waals surface area contributed by atoms with Crippen LogP contribution in [0.25, 0.3) is 0 Å². The summed E-state index contributed by atoms with van der Waals surface area (Å²) in [7, 11) is 1.95. The van der Waals surface area contributed by atoms with Crippen molar-refractivity contribution in [3.05, 3.63) is 29.8 Å². The molecule has 1 amide bonds. The van der Waals surface area contributed by atoms with Crippen molar-refractivity contribution in [2.45, 2.75) is 57.4 Å². The Hall–Kier alpha value is -1.59. The quantitative estimate of drug-likeness (QED) is 0.723. The van der Waals surface area contributed by atoms with Gasteiger partial charge in [-0.25, -0.2) is 0 Å². The molecule has 5 heteroatoms. The predicted octanol–water partition coefficient (Wildman–Crippen LogP) is 3.51. The zero-order valence-electron chi connectivity index (χ0n) is 17.9. The van der Waals surface area contributed by atoms with Crippen molar-refractivity contribution in [3.8, 4) is 5.75 Å². The fourth-order valence-electron chi connectivity index (χ4n) is 5.41. The summed E-state index contributed by atoms with van der Waals surface area (Å²) in [6, 6.07) is 8.87. The molecule has 1 aromatic carbocycles. The van der Waals surface area contributed by atoms with Gasteiger partial charge < -0.3 is 19.3 Å². The Bertz CT molecular complexity index is 678. The molecule has 0 aromatic heterocycles. The summed E-state index contributed by atoms with van der Waals surface area (Å²) in [5.74, 6) is 0.959. The van der Waals surface area contributed by atoms with Crippen LogP contribution in [0.5, 0.6) is 5.75 Å². The van der Waals surface area contributed by atoms with Crippen LogP contribution in [0.15, 0.2) is 24.3 Å². The van der Waals surface area contributed by atoms with Gasteiger partial charge >= 0.3 is 0 Å². The molecule has 4 rings (SSSR count). The maximum atomic E-state index is 12.8. The van der Waals surface area contributed by atoms with Gasteiger partial charge in [-0.15, -0.1) is 0 Å². The van der Waals surface area contributed by atoms with Crippen molar-refractivity contribution >= 4 is 5.91 Å². The number of piperidine rings is 1. The molecule has 0 N–H and O–H groups in total. The molecule has 29 heavy (non-hydrogen) atoms. The highest BCUT2D eigenvalue weighted by Gasteiger charge is 2.38. The van der Waals surface area contributed by atoms with Gasteiger partial charge in [0.1, 0.15) is 5.75 Å². The standard InChI is InChI=1S/C24H36N2O3/c1-25-19-24(12-14-26(15-13-24)21-9-16-28-17-10-21)11-5-4-7-20-6-2-3-8-22(20)29-18-23(25)27/h2-3,6,8,21H,4-5,7,9-19H2,1H3. The highest BCUT2D eigenvalue weighted by atomic mass is 16.5. The normalized spacial score (nSPS) is 25.0. The van der Waals surface area contributed by atoms with Gasteiger partial charge in [0.15, 0.2) is 6.61 Å². The molecule has 0 aliphatic carbocycles. The second-order valence-electron chi connectivity index (χ2n) is 9.23. The van der Waals surface area contributed by atoms with Crippen LogP contribution in [0, 0.1) is 5.41 Å². The smallest absolute Gasteiger partial charge is 0.260 e. The van der Waals surface area contributed by atoms with E-state index < -0.39 is 0 Å². The molecule has 0 radical (unpaired) electrons. The molecule has 1 aromatic rings. The number of carbonyl (C=O) groups excluding carboxylic acids is 1. The van der Waals surface area contributed by atoms with Gasteiger partial charge in [0.05, 0.1) is 0 Å². The van der Waals surface area contributed by atoms with Crippen molar-refractivity contribution in [1.29, 1.82) is 0 Å².